The molecule has 3 aromatic rings. The van der Waals surface area contributed by atoms with Crippen LogP contribution in [-0.4, -0.2) is 20.2 Å². The molecule has 0 amide bonds. The Hall–Kier alpha value is -2.69. The van der Waals surface area contributed by atoms with Gasteiger partial charge in [-0.3, -0.25) is 0 Å². The maximum absolute atomic E-state index is 6.11. The fraction of sp³-hybridized carbons (Fsp3) is 0.188. The van der Waals surface area contributed by atoms with E-state index in [4.69, 9.17) is 5.73 Å². The van der Waals surface area contributed by atoms with Crippen LogP contribution in [-0.2, 0) is 0 Å². The SMILES string of the molecule is Cc1cc(C)cc(-n2nnnc2-c2c(C)cccc2N)c1. The van der Waals surface area contributed by atoms with Gasteiger partial charge in [-0.1, -0.05) is 18.2 Å². The van der Waals surface area contributed by atoms with Gasteiger partial charge < -0.3 is 5.73 Å². The molecule has 0 fully saturated rings. The highest BCUT2D eigenvalue weighted by Crippen LogP contribution is 2.28. The standard InChI is InChI=1S/C16H17N5/c1-10-7-11(2)9-13(8-10)21-16(18-19-20-21)15-12(3)5-4-6-14(15)17/h4-9H,17H2,1-3H3. The third-order valence-corrected chi connectivity index (χ3v) is 3.45. The van der Waals surface area contributed by atoms with Gasteiger partial charge in [-0.15, -0.1) is 5.10 Å². The number of anilines is 1. The average Bonchev–Trinajstić information content (AvgIpc) is 2.86. The van der Waals surface area contributed by atoms with Gasteiger partial charge >= 0.3 is 0 Å². The van der Waals surface area contributed by atoms with Crippen molar-refractivity contribution in [1.29, 1.82) is 0 Å². The van der Waals surface area contributed by atoms with Crippen molar-refractivity contribution in [3.8, 4) is 17.1 Å². The van der Waals surface area contributed by atoms with E-state index in [1.54, 1.807) is 4.68 Å². The first kappa shape index (κ1) is 13.3. The van der Waals surface area contributed by atoms with Crippen molar-refractivity contribution >= 4 is 5.69 Å². The van der Waals surface area contributed by atoms with E-state index in [0.717, 1.165) is 16.8 Å². The van der Waals surface area contributed by atoms with Crippen molar-refractivity contribution in [2.45, 2.75) is 20.8 Å². The second-order valence-corrected chi connectivity index (χ2v) is 5.30. The maximum Gasteiger partial charge on any atom is 0.189 e. The van der Waals surface area contributed by atoms with Crippen molar-refractivity contribution in [2.24, 2.45) is 0 Å². The van der Waals surface area contributed by atoms with Gasteiger partial charge in [0.2, 0.25) is 0 Å². The molecule has 106 valence electrons. The van der Waals surface area contributed by atoms with E-state index in [9.17, 15) is 0 Å². The molecule has 0 spiro atoms. The smallest absolute Gasteiger partial charge is 0.189 e. The first-order chi connectivity index (χ1) is 10.1. The van der Waals surface area contributed by atoms with E-state index in [1.807, 2.05) is 25.1 Å². The van der Waals surface area contributed by atoms with Gasteiger partial charge in [0, 0.05) is 11.3 Å². The second-order valence-electron chi connectivity index (χ2n) is 5.30. The van der Waals surface area contributed by atoms with Gasteiger partial charge in [-0.05, 0) is 66.1 Å². The van der Waals surface area contributed by atoms with Crippen LogP contribution in [0.4, 0.5) is 5.69 Å². The normalized spacial score (nSPS) is 10.8. The molecule has 2 N–H and O–H groups in total. The minimum atomic E-state index is 0.663. The zero-order valence-electron chi connectivity index (χ0n) is 12.3. The highest BCUT2D eigenvalue weighted by Gasteiger charge is 2.15. The van der Waals surface area contributed by atoms with Gasteiger partial charge in [0.05, 0.1) is 5.69 Å². The Morgan fingerprint density at radius 2 is 1.71 bits per heavy atom. The fourth-order valence-corrected chi connectivity index (χ4v) is 2.59. The molecule has 0 atom stereocenters. The average molecular weight is 279 g/mol. The lowest BCUT2D eigenvalue weighted by Crippen LogP contribution is -2.03. The summed E-state index contributed by atoms with van der Waals surface area (Å²) in [7, 11) is 0. The van der Waals surface area contributed by atoms with Crippen molar-refractivity contribution in [2.75, 3.05) is 5.73 Å². The van der Waals surface area contributed by atoms with E-state index < -0.39 is 0 Å². The summed E-state index contributed by atoms with van der Waals surface area (Å²) in [5, 5.41) is 12.1. The Balaban J connectivity index is 2.22. The van der Waals surface area contributed by atoms with Gasteiger partial charge in [0.15, 0.2) is 5.82 Å². The molecule has 0 radical (unpaired) electrons. The molecule has 1 aromatic heterocycles. The lowest BCUT2D eigenvalue weighted by atomic mass is 10.1. The van der Waals surface area contributed by atoms with Gasteiger partial charge in [-0.25, -0.2) is 0 Å². The summed E-state index contributed by atoms with van der Waals surface area (Å²) in [5.74, 6) is 0.663. The molecule has 21 heavy (non-hydrogen) atoms. The molecule has 1 heterocycles. The first-order valence-corrected chi connectivity index (χ1v) is 6.79. The summed E-state index contributed by atoms with van der Waals surface area (Å²) in [6.07, 6.45) is 0. The number of aryl methyl sites for hydroxylation is 3. The summed E-state index contributed by atoms with van der Waals surface area (Å²) in [6.45, 7) is 6.12. The Labute approximate surface area is 123 Å². The Morgan fingerprint density at radius 1 is 1.00 bits per heavy atom. The number of nitrogens with zero attached hydrogens (tertiary/aromatic N) is 4. The zero-order valence-corrected chi connectivity index (χ0v) is 12.3. The minimum Gasteiger partial charge on any atom is -0.398 e. The van der Waals surface area contributed by atoms with Gasteiger partial charge in [-0.2, -0.15) is 4.68 Å². The molecule has 5 nitrogen and oxygen atoms in total. The van der Waals surface area contributed by atoms with Crippen LogP contribution < -0.4 is 5.73 Å². The summed E-state index contributed by atoms with van der Waals surface area (Å²) < 4.78 is 1.73. The van der Waals surface area contributed by atoms with Crippen LogP contribution in [0.2, 0.25) is 0 Å². The number of benzene rings is 2. The zero-order chi connectivity index (χ0) is 15.0. The lowest BCUT2D eigenvalue weighted by Gasteiger charge is -2.10. The number of hydrogen-bond donors (Lipinski definition) is 1. The van der Waals surface area contributed by atoms with E-state index in [0.29, 0.717) is 11.5 Å². The molecule has 0 saturated heterocycles. The van der Waals surface area contributed by atoms with Gasteiger partial charge in [0.1, 0.15) is 0 Å². The molecule has 2 aromatic carbocycles. The Kier molecular flexibility index (Phi) is 3.17. The third-order valence-electron chi connectivity index (χ3n) is 3.45. The van der Waals surface area contributed by atoms with Crippen molar-refractivity contribution < 1.29 is 0 Å². The van der Waals surface area contributed by atoms with E-state index in [-0.39, 0.29) is 0 Å². The monoisotopic (exact) mass is 279 g/mol. The van der Waals surface area contributed by atoms with Crippen LogP contribution >= 0.6 is 0 Å². The molecule has 3 rings (SSSR count). The quantitative estimate of drug-likeness (QED) is 0.732. The summed E-state index contributed by atoms with van der Waals surface area (Å²) >= 11 is 0. The minimum absolute atomic E-state index is 0.663. The van der Waals surface area contributed by atoms with Crippen molar-refractivity contribution in [3.05, 3.63) is 53.1 Å². The molecular formula is C16H17N5. The van der Waals surface area contributed by atoms with Crippen LogP contribution in [0.25, 0.3) is 17.1 Å². The van der Waals surface area contributed by atoms with Crippen LogP contribution in [0.1, 0.15) is 16.7 Å². The van der Waals surface area contributed by atoms with Crippen LogP contribution in [0.5, 0.6) is 0 Å². The highest BCUT2D eigenvalue weighted by atomic mass is 15.5. The number of tetrazole rings is 1. The summed E-state index contributed by atoms with van der Waals surface area (Å²) in [6, 6.07) is 12.0. The number of hydrogen-bond acceptors (Lipinski definition) is 4. The lowest BCUT2D eigenvalue weighted by molar-refractivity contribution is 0.790. The largest absolute Gasteiger partial charge is 0.398 e. The predicted molar refractivity (Wildman–Crippen MR) is 83.2 cm³/mol. The van der Waals surface area contributed by atoms with E-state index in [1.165, 1.54) is 11.1 Å². The van der Waals surface area contributed by atoms with E-state index >= 15 is 0 Å². The summed E-state index contributed by atoms with van der Waals surface area (Å²) in [4.78, 5) is 0. The van der Waals surface area contributed by atoms with Crippen LogP contribution in [0.3, 0.4) is 0 Å². The van der Waals surface area contributed by atoms with Crippen molar-refractivity contribution in [1.82, 2.24) is 20.2 Å². The molecule has 0 unspecified atom stereocenters. The van der Waals surface area contributed by atoms with Crippen LogP contribution in [0, 0.1) is 20.8 Å². The van der Waals surface area contributed by atoms with Crippen molar-refractivity contribution in [3.63, 3.8) is 0 Å². The number of nitrogen functional groups attached to an aromatic ring is 1. The molecule has 5 heteroatoms. The molecule has 0 bridgehead atoms. The Bertz CT molecular complexity index is 764. The number of rotatable bonds is 2. The number of aromatic nitrogens is 4. The maximum atomic E-state index is 6.11. The van der Waals surface area contributed by atoms with Crippen LogP contribution in [0.15, 0.2) is 36.4 Å². The predicted octanol–water partition coefficient (Wildman–Crippen LogP) is 2.84. The fourth-order valence-electron chi connectivity index (χ4n) is 2.59. The van der Waals surface area contributed by atoms with Gasteiger partial charge in [0.25, 0.3) is 0 Å². The Morgan fingerprint density at radius 3 is 2.38 bits per heavy atom. The molecule has 0 saturated carbocycles. The second kappa shape index (κ2) is 5.01. The summed E-state index contributed by atoms with van der Waals surface area (Å²) in [5.41, 5.74) is 12.0. The molecule has 0 aliphatic carbocycles. The number of nitrogens with two attached hydrogens (primary N) is 1. The first-order valence-electron chi connectivity index (χ1n) is 6.79. The topological polar surface area (TPSA) is 69.6 Å². The highest BCUT2D eigenvalue weighted by molar-refractivity contribution is 5.75. The molecular weight excluding hydrogens is 262 g/mol. The molecule has 0 aliphatic rings. The molecule has 0 aliphatic heterocycles. The third kappa shape index (κ3) is 2.38. The van der Waals surface area contributed by atoms with E-state index in [2.05, 4.69) is 47.6 Å².